The molecule has 0 saturated carbocycles. The molecule has 52 valence electrons. The summed E-state index contributed by atoms with van der Waals surface area (Å²) in [6.45, 7) is 3.45. The van der Waals surface area contributed by atoms with Crippen molar-refractivity contribution in [2.75, 3.05) is 0 Å². The summed E-state index contributed by atoms with van der Waals surface area (Å²) in [5.41, 5.74) is 0.326. The van der Waals surface area contributed by atoms with Crippen molar-refractivity contribution < 1.29 is 0 Å². The molecule has 0 aliphatic rings. The third kappa shape index (κ3) is 1.28. The summed E-state index contributed by atoms with van der Waals surface area (Å²) in [6, 6.07) is 1.56. The molecule has 1 rings (SSSR count). The number of nitrogens with one attached hydrogen (secondary N) is 1. The molecule has 1 aromatic heterocycles. The molecule has 0 aromatic carbocycles. The van der Waals surface area contributed by atoms with Gasteiger partial charge in [-0.2, -0.15) is 0 Å². The van der Waals surface area contributed by atoms with Crippen LogP contribution in [0.2, 0.25) is 5.02 Å². The molecule has 0 unspecified atom stereocenters. The van der Waals surface area contributed by atoms with E-state index in [2.05, 4.69) is 11.6 Å². The van der Waals surface area contributed by atoms with E-state index in [4.69, 9.17) is 11.6 Å². The van der Waals surface area contributed by atoms with Crippen molar-refractivity contribution in [1.29, 1.82) is 0 Å². The van der Waals surface area contributed by atoms with Crippen molar-refractivity contribution >= 4 is 17.7 Å². The van der Waals surface area contributed by atoms with Crippen molar-refractivity contribution in [2.24, 2.45) is 0 Å². The van der Waals surface area contributed by atoms with Gasteiger partial charge in [0, 0.05) is 11.8 Å². The average molecular weight is 156 g/mol. The van der Waals surface area contributed by atoms with Crippen molar-refractivity contribution in [3.8, 4) is 0 Å². The van der Waals surface area contributed by atoms with Crippen LogP contribution in [0.1, 0.15) is 5.56 Å². The average Bonchev–Trinajstić information content (AvgIpc) is 1.94. The van der Waals surface area contributed by atoms with Gasteiger partial charge >= 0.3 is 0 Å². The fourth-order valence-corrected chi connectivity index (χ4v) is 0.797. The zero-order valence-corrected chi connectivity index (χ0v) is 5.98. The summed E-state index contributed by atoms with van der Waals surface area (Å²) in [7, 11) is 0. The SMILES string of the molecule is C=Cc1cc(Cl)c[nH]c1=O. The molecule has 0 aliphatic carbocycles. The van der Waals surface area contributed by atoms with E-state index in [9.17, 15) is 4.79 Å². The molecule has 3 heteroatoms. The predicted octanol–water partition coefficient (Wildman–Crippen LogP) is 1.67. The Morgan fingerprint density at radius 1 is 1.70 bits per heavy atom. The Morgan fingerprint density at radius 3 is 2.90 bits per heavy atom. The fraction of sp³-hybridized carbons (Fsp3) is 0. The topological polar surface area (TPSA) is 32.9 Å². The third-order valence-corrected chi connectivity index (χ3v) is 1.33. The largest absolute Gasteiger partial charge is 0.327 e. The summed E-state index contributed by atoms with van der Waals surface area (Å²) < 4.78 is 0. The van der Waals surface area contributed by atoms with Crippen LogP contribution < -0.4 is 5.56 Å². The van der Waals surface area contributed by atoms with Crippen LogP contribution in [0.5, 0.6) is 0 Å². The maximum atomic E-state index is 10.8. The maximum absolute atomic E-state index is 10.8. The molecule has 0 amide bonds. The molecule has 1 N–H and O–H groups in total. The van der Waals surface area contributed by atoms with Gasteiger partial charge in [0.05, 0.1) is 5.02 Å². The summed E-state index contributed by atoms with van der Waals surface area (Å²) in [6.07, 6.45) is 2.90. The lowest BCUT2D eigenvalue weighted by atomic mass is 10.3. The lowest BCUT2D eigenvalue weighted by molar-refractivity contribution is 1.23. The van der Waals surface area contributed by atoms with Crippen molar-refractivity contribution in [2.45, 2.75) is 0 Å². The van der Waals surface area contributed by atoms with Crippen LogP contribution >= 0.6 is 11.6 Å². The molecule has 2 nitrogen and oxygen atoms in total. The number of halogens is 1. The number of aromatic amines is 1. The zero-order chi connectivity index (χ0) is 7.56. The predicted molar refractivity (Wildman–Crippen MR) is 42.2 cm³/mol. The van der Waals surface area contributed by atoms with E-state index in [1.807, 2.05) is 0 Å². The standard InChI is InChI=1S/C7H6ClNO/c1-2-5-3-6(8)4-9-7(5)10/h2-4H,1H2,(H,9,10). The number of hydrogen-bond acceptors (Lipinski definition) is 1. The number of H-pyrrole nitrogens is 1. The molecule has 0 spiro atoms. The number of pyridine rings is 1. The first-order chi connectivity index (χ1) is 4.74. The van der Waals surface area contributed by atoms with E-state index in [0.29, 0.717) is 10.6 Å². The van der Waals surface area contributed by atoms with Crippen LogP contribution in [-0.4, -0.2) is 4.98 Å². The molecule has 10 heavy (non-hydrogen) atoms. The summed E-state index contributed by atoms with van der Waals surface area (Å²) >= 11 is 5.58. The molecule has 1 aromatic rings. The van der Waals surface area contributed by atoms with Crippen LogP contribution in [0, 0.1) is 0 Å². The summed E-state index contributed by atoms with van der Waals surface area (Å²) in [5, 5.41) is 0.509. The summed E-state index contributed by atoms with van der Waals surface area (Å²) in [5.74, 6) is 0. The molecule has 0 fully saturated rings. The fourth-order valence-electron chi connectivity index (χ4n) is 0.625. The van der Waals surface area contributed by atoms with E-state index >= 15 is 0 Å². The van der Waals surface area contributed by atoms with Crippen molar-refractivity contribution in [3.63, 3.8) is 0 Å². The van der Waals surface area contributed by atoms with Gasteiger partial charge < -0.3 is 4.98 Å². The molecule has 0 saturated heterocycles. The first-order valence-corrected chi connectivity index (χ1v) is 3.12. The van der Waals surface area contributed by atoms with Gasteiger partial charge in [-0.15, -0.1) is 0 Å². The van der Waals surface area contributed by atoms with Gasteiger partial charge in [0.15, 0.2) is 0 Å². The van der Waals surface area contributed by atoms with Gasteiger partial charge in [-0.25, -0.2) is 0 Å². The number of hydrogen-bond donors (Lipinski definition) is 1. The van der Waals surface area contributed by atoms with E-state index in [0.717, 1.165) is 0 Å². The molecule has 0 aliphatic heterocycles. The minimum atomic E-state index is -0.167. The second-order valence-corrected chi connectivity index (χ2v) is 2.24. The lowest BCUT2D eigenvalue weighted by Gasteiger charge is -1.90. The normalized spacial score (nSPS) is 9.30. The second kappa shape index (κ2) is 2.71. The maximum Gasteiger partial charge on any atom is 0.255 e. The first-order valence-electron chi connectivity index (χ1n) is 2.74. The van der Waals surface area contributed by atoms with Crippen LogP contribution in [0.3, 0.4) is 0 Å². The Hall–Kier alpha value is -1.02. The molecular formula is C7H6ClNO. The second-order valence-electron chi connectivity index (χ2n) is 1.81. The van der Waals surface area contributed by atoms with Gasteiger partial charge in [-0.05, 0) is 6.07 Å². The van der Waals surface area contributed by atoms with Gasteiger partial charge in [-0.1, -0.05) is 24.3 Å². The van der Waals surface area contributed by atoms with Gasteiger partial charge in [0.2, 0.25) is 0 Å². The van der Waals surface area contributed by atoms with Gasteiger partial charge in [0.25, 0.3) is 5.56 Å². The quantitative estimate of drug-likeness (QED) is 0.658. The van der Waals surface area contributed by atoms with Crippen LogP contribution in [-0.2, 0) is 0 Å². The van der Waals surface area contributed by atoms with Crippen LogP contribution in [0.25, 0.3) is 6.08 Å². The van der Waals surface area contributed by atoms with Crippen molar-refractivity contribution in [1.82, 2.24) is 4.98 Å². The molecule has 0 bridgehead atoms. The molecule has 1 heterocycles. The van der Waals surface area contributed by atoms with Gasteiger partial charge in [0.1, 0.15) is 0 Å². The highest BCUT2D eigenvalue weighted by Gasteiger charge is 1.93. The van der Waals surface area contributed by atoms with Crippen molar-refractivity contribution in [3.05, 3.63) is 39.8 Å². The van der Waals surface area contributed by atoms with Crippen LogP contribution in [0.15, 0.2) is 23.6 Å². The highest BCUT2D eigenvalue weighted by atomic mass is 35.5. The Morgan fingerprint density at radius 2 is 2.40 bits per heavy atom. The number of aromatic nitrogens is 1. The Kier molecular flexibility index (Phi) is 1.92. The van der Waals surface area contributed by atoms with E-state index < -0.39 is 0 Å². The van der Waals surface area contributed by atoms with Gasteiger partial charge in [-0.3, -0.25) is 4.79 Å². The van der Waals surface area contributed by atoms with E-state index in [1.54, 1.807) is 6.07 Å². The third-order valence-electron chi connectivity index (χ3n) is 1.12. The minimum absolute atomic E-state index is 0.167. The lowest BCUT2D eigenvalue weighted by Crippen LogP contribution is -2.06. The monoisotopic (exact) mass is 155 g/mol. The Labute approximate surface area is 63.2 Å². The highest BCUT2D eigenvalue weighted by Crippen LogP contribution is 2.05. The van der Waals surface area contributed by atoms with E-state index in [1.165, 1.54) is 12.3 Å². The Bertz CT molecular complexity index is 303. The molecule has 0 atom stereocenters. The van der Waals surface area contributed by atoms with Crippen LogP contribution in [0.4, 0.5) is 0 Å². The first kappa shape index (κ1) is 7.09. The zero-order valence-electron chi connectivity index (χ0n) is 5.23. The molecule has 0 radical (unpaired) electrons. The number of rotatable bonds is 1. The smallest absolute Gasteiger partial charge is 0.255 e. The highest BCUT2D eigenvalue weighted by molar-refractivity contribution is 6.30. The Balaban J connectivity index is 3.35. The minimum Gasteiger partial charge on any atom is -0.327 e. The van der Waals surface area contributed by atoms with E-state index in [-0.39, 0.29) is 5.56 Å². The summed E-state index contributed by atoms with van der Waals surface area (Å²) in [4.78, 5) is 13.3. The molecular weight excluding hydrogens is 150 g/mol.